The Morgan fingerprint density at radius 3 is 2.68 bits per heavy atom. The number of nitrogens with one attached hydrogen (secondary N) is 1. The van der Waals surface area contributed by atoms with Gasteiger partial charge in [-0.3, -0.25) is 4.79 Å². The van der Waals surface area contributed by atoms with Crippen LogP contribution in [0, 0.1) is 19.3 Å². The number of hydrogen-bond acceptors (Lipinski definition) is 5. The predicted octanol–water partition coefficient (Wildman–Crippen LogP) is 3.80. The Bertz CT molecular complexity index is 1110. The van der Waals surface area contributed by atoms with Gasteiger partial charge in [0.15, 0.2) is 11.7 Å². The Kier molecular flexibility index (Phi) is 5.50. The number of rotatable bonds is 6. The smallest absolute Gasteiger partial charge is 0.243 e. The van der Waals surface area contributed by atoms with Crippen molar-refractivity contribution in [1.29, 1.82) is 0 Å². The highest BCUT2D eigenvalue weighted by atomic mass is 32.2. The SMILES string of the molecule is CC[C@]1(C(=O)NC(C)C)C[C@H]2CC[C@@H]1N2S(=O)(=O)c1cc(-c2cnc(C)o2)ccc1C. The van der Waals surface area contributed by atoms with Crippen LogP contribution in [0.15, 0.2) is 33.7 Å². The summed E-state index contributed by atoms with van der Waals surface area (Å²) in [7, 11) is -3.78. The molecule has 3 atom stereocenters. The second-order valence-corrected chi connectivity index (χ2v) is 11.0. The van der Waals surface area contributed by atoms with E-state index >= 15 is 0 Å². The number of benzene rings is 1. The lowest BCUT2D eigenvalue weighted by Crippen LogP contribution is -2.51. The lowest BCUT2D eigenvalue weighted by Gasteiger charge is -2.35. The first-order chi connectivity index (χ1) is 14.6. The van der Waals surface area contributed by atoms with Crippen molar-refractivity contribution in [1.82, 2.24) is 14.6 Å². The van der Waals surface area contributed by atoms with Gasteiger partial charge in [-0.2, -0.15) is 4.31 Å². The van der Waals surface area contributed by atoms with E-state index in [1.807, 2.05) is 26.8 Å². The normalized spacial score (nSPS) is 26.0. The van der Waals surface area contributed by atoms with Gasteiger partial charge in [-0.1, -0.05) is 19.1 Å². The van der Waals surface area contributed by atoms with Crippen LogP contribution in [0.3, 0.4) is 0 Å². The highest BCUT2D eigenvalue weighted by molar-refractivity contribution is 7.89. The Morgan fingerprint density at radius 2 is 2.06 bits per heavy atom. The fraction of sp³-hybridized carbons (Fsp3) is 0.565. The van der Waals surface area contributed by atoms with Crippen molar-refractivity contribution in [3.63, 3.8) is 0 Å². The number of carbonyl (C=O) groups excluding carboxylic acids is 1. The highest BCUT2D eigenvalue weighted by Gasteiger charge is 2.62. The van der Waals surface area contributed by atoms with Gasteiger partial charge in [0.2, 0.25) is 15.9 Å². The van der Waals surface area contributed by atoms with Gasteiger partial charge in [0.05, 0.1) is 16.5 Å². The molecule has 3 heterocycles. The highest BCUT2D eigenvalue weighted by Crippen LogP contribution is 2.54. The van der Waals surface area contributed by atoms with Crippen LogP contribution >= 0.6 is 0 Å². The standard InChI is InChI=1S/C23H31N3O4S/c1-6-23(22(27)25-14(2)3)12-18-9-10-21(23)26(18)31(28,29)20-11-17(8-7-15(20)4)19-13-24-16(5)30-19/h7-8,11,13-14,18,21H,6,9-10,12H2,1-5H3,(H,25,27)/t18-,21+,23+/m1/s1. The molecule has 2 bridgehead atoms. The molecule has 2 fully saturated rings. The van der Waals surface area contributed by atoms with Gasteiger partial charge in [-0.25, -0.2) is 13.4 Å². The number of amides is 1. The van der Waals surface area contributed by atoms with Crippen molar-refractivity contribution in [3.8, 4) is 11.3 Å². The molecule has 1 N–H and O–H groups in total. The van der Waals surface area contributed by atoms with Crippen LogP contribution in [0.2, 0.25) is 0 Å². The summed E-state index contributed by atoms with van der Waals surface area (Å²) in [6.07, 6.45) is 4.30. The molecule has 0 radical (unpaired) electrons. The Morgan fingerprint density at radius 1 is 1.32 bits per heavy atom. The van der Waals surface area contributed by atoms with Crippen molar-refractivity contribution >= 4 is 15.9 Å². The number of sulfonamides is 1. The maximum absolute atomic E-state index is 13.9. The number of fused-ring (bicyclic) bond motifs is 2. The fourth-order valence-corrected chi connectivity index (χ4v) is 7.51. The van der Waals surface area contributed by atoms with Crippen LogP contribution in [0.5, 0.6) is 0 Å². The van der Waals surface area contributed by atoms with E-state index in [0.29, 0.717) is 42.0 Å². The maximum atomic E-state index is 13.9. The first-order valence-electron chi connectivity index (χ1n) is 11.0. The van der Waals surface area contributed by atoms with E-state index in [1.54, 1.807) is 36.5 Å². The van der Waals surface area contributed by atoms with Gasteiger partial charge >= 0.3 is 0 Å². The van der Waals surface area contributed by atoms with Crippen LogP contribution in [-0.4, -0.2) is 41.7 Å². The molecule has 0 saturated carbocycles. The number of aryl methyl sites for hydroxylation is 2. The molecule has 31 heavy (non-hydrogen) atoms. The van der Waals surface area contributed by atoms with E-state index in [0.717, 1.165) is 6.42 Å². The number of aromatic nitrogens is 1. The zero-order valence-electron chi connectivity index (χ0n) is 18.8. The minimum atomic E-state index is -3.78. The summed E-state index contributed by atoms with van der Waals surface area (Å²) in [5, 5.41) is 3.04. The van der Waals surface area contributed by atoms with Gasteiger partial charge in [-0.15, -0.1) is 0 Å². The zero-order chi connectivity index (χ0) is 22.6. The van der Waals surface area contributed by atoms with Crippen molar-refractivity contribution < 1.29 is 17.6 Å². The van der Waals surface area contributed by atoms with Crippen molar-refractivity contribution in [2.45, 2.75) is 83.3 Å². The van der Waals surface area contributed by atoms with Crippen LogP contribution in [0.25, 0.3) is 11.3 Å². The zero-order valence-corrected chi connectivity index (χ0v) is 19.6. The van der Waals surface area contributed by atoms with Gasteiger partial charge in [0, 0.05) is 30.6 Å². The molecule has 0 aliphatic carbocycles. The molecular formula is C23H31N3O4S. The Balaban J connectivity index is 1.74. The predicted molar refractivity (Wildman–Crippen MR) is 118 cm³/mol. The molecule has 7 nitrogen and oxygen atoms in total. The number of oxazole rings is 1. The second-order valence-electron chi connectivity index (χ2n) is 9.15. The topological polar surface area (TPSA) is 92.5 Å². The minimum Gasteiger partial charge on any atom is -0.441 e. The summed E-state index contributed by atoms with van der Waals surface area (Å²) < 4.78 is 35.0. The Labute approximate surface area is 184 Å². The first kappa shape index (κ1) is 22.0. The third kappa shape index (κ3) is 3.49. The maximum Gasteiger partial charge on any atom is 0.243 e. The van der Waals surface area contributed by atoms with Crippen molar-refractivity contribution in [2.75, 3.05) is 0 Å². The Hall–Kier alpha value is -2.19. The third-order valence-electron chi connectivity index (χ3n) is 6.83. The molecular weight excluding hydrogens is 414 g/mol. The largest absolute Gasteiger partial charge is 0.441 e. The van der Waals surface area contributed by atoms with E-state index in [1.165, 1.54) is 0 Å². The lowest BCUT2D eigenvalue weighted by atomic mass is 9.71. The molecule has 2 aromatic rings. The average molecular weight is 446 g/mol. The molecule has 2 saturated heterocycles. The summed E-state index contributed by atoms with van der Waals surface area (Å²) >= 11 is 0. The average Bonchev–Trinajstić information content (AvgIpc) is 3.41. The van der Waals surface area contributed by atoms with Crippen LogP contribution < -0.4 is 5.32 Å². The molecule has 4 rings (SSSR count). The van der Waals surface area contributed by atoms with E-state index < -0.39 is 15.4 Å². The van der Waals surface area contributed by atoms with Gasteiger partial charge in [0.1, 0.15) is 0 Å². The molecule has 2 aliphatic rings. The quantitative estimate of drug-likeness (QED) is 0.730. The minimum absolute atomic E-state index is 0.0180. The summed E-state index contributed by atoms with van der Waals surface area (Å²) in [4.78, 5) is 17.6. The molecule has 1 amide bonds. The molecule has 0 spiro atoms. The number of nitrogens with zero attached hydrogens (tertiary/aromatic N) is 2. The molecule has 2 aliphatic heterocycles. The molecule has 168 valence electrons. The first-order valence-corrected chi connectivity index (χ1v) is 12.4. The molecule has 1 aromatic heterocycles. The van der Waals surface area contributed by atoms with Crippen molar-refractivity contribution in [3.05, 3.63) is 35.9 Å². The molecule has 0 unspecified atom stereocenters. The second kappa shape index (κ2) is 7.74. The van der Waals surface area contributed by atoms with Gasteiger partial charge < -0.3 is 9.73 Å². The van der Waals surface area contributed by atoms with Gasteiger partial charge in [-0.05, 0) is 58.1 Å². The summed E-state index contributed by atoms with van der Waals surface area (Å²) in [6.45, 7) is 9.41. The monoisotopic (exact) mass is 445 g/mol. The van der Waals surface area contributed by atoms with E-state index in [2.05, 4.69) is 10.3 Å². The summed E-state index contributed by atoms with van der Waals surface area (Å²) in [6, 6.07) is 4.87. The molecule has 1 aromatic carbocycles. The lowest BCUT2D eigenvalue weighted by molar-refractivity contribution is -0.133. The van der Waals surface area contributed by atoms with E-state index in [9.17, 15) is 13.2 Å². The molecule has 8 heteroatoms. The van der Waals surface area contributed by atoms with Crippen LogP contribution in [0.1, 0.15) is 57.9 Å². The van der Waals surface area contributed by atoms with Crippen LogP contribution in [-0.2, 0) is 14.8 Å². The number of carbonyl (C=O) groups is 1. The summed E-state index contributed by atoms with van der Waals surface area (Å²) in [5.74, 6) is 1.04. The van der Waals surface area contributed by atoms with Crippen molar-refractivity contribution in [2.24, 2.45) is 5.41 Å². The third-order valence-corrected chi connectivity index (χ3v) is 8.93. The van der Waals surface area contributed by atoms with E-state index in [4.69, 9.17) is 4.42 Å². The number of hydrogen-bond donors (Lipinski definition) is 1. The summed E-state index contributed by atoms with van der Waals surface area (Å²) in [5.41, 5.74) is 0.684. The fourth-order valence-electron chi connectivity index (χ4n) is 5.32. The van der Waals surface area contributed by atoms with Crippen LogP contribution in [0.4, 0.5) is 0 Å². The van der Waals surface area contributed by atoms with Gasteiger partial charge in [0.25, 0.3) is 0 Å². The van der Waals surface area contributed by atoms with E-state index in [-0.39, 0.29) is 28.9 Å².